The highest BCUT2D eigenvalue weighted by molar-refractivity contribution is 9.10. The van der Waals surface area contributed by atoms with Gasteiger partial charge in [0.25, 0.3) is 5.91 Å². The minimum Gasteiger partial charge on any atom is -0.325 e. The van der Waals surface area contributed by atoms with Crippen molar-refractivity contribution in [2.75, 3.05) is 10.6 Å². The minimum atomic E-state index is -1.64. The number of pyridine rings is 1. The van der Waals surface area contributed by atoms with E-state index >= 15 is 0 Å². The van der Waals surface area contributed by atoms with Crippen LogP contribution in [0.15, 0.2) is 65.4 Å². The maximum atomic E-state index is 12.7. The second kappa shape index (κ2) is 8.67. The molecule has 2 N–H and O–H groups in total. The van der Waals surface area contributed by atoms with Gasteiger partial charge in [-0.05, 0) is 48.5 Å². The Kier molecular flexibility index (Phi) is 6.12. The van der Waals surface area contributed by atoms with Crippen LogP contribution >= 0.6 is 50.7 Å². The number of imidazole rings is 1. The minimum absolute atomic E-state index is 0.225. The molecular weight excluding hydrogens is 525 g/mol. The van der Waals surface area contributed by atoms with Gasteiger partial charge in [-0.15, -0.1) is 0 Å². The Morgan fingerprint density at radius 2 is 1.84 bits per heavy atom. The molecule has 0 saturated heterocycles. The number of benzene rings is 2. The van der Waals surface area contributed by atoms with E-state index in [4.69, 9.17) is 34.8 Å². The summed E-state index contributed by atoms with van der Waals surface area (Å²) < 4.78 is 1.15. The number of amides is 1. The van der Waals surface area contributed by atoms with E-state index < -0.39 is 3.79 Å². The first-order valence-electron chi connectivity index (χ1n) is 9.04. The van der Waals surface area contributed by atoms with Gasteiger partial charge in [0, 0.05) is 40.7 Å². The smallest absolute Gasteiger partial charge is 0.255 e. The molecule has 4 aromatic rings. The lowest BCUT2D eigenvalue weighted by Crippen LogP contribution is -2.11. The number of aryl methyl sites for hydroxylation is 1. The number of hydrogen-bond acceptors (Lipinski definition) is 4. The Morgan fingerprint density at radius 1 is 1.10 bits per heavy atom. The molecule has 2 aromatic heterocycles. The van der Waals surface area contributed by atoms with E-state index in [1.165, 1.54) is 6.20 Å². The summed E-state index contributed by atoms with van der Waals surface area (Å²) in [5.74, 6) is 0.305. The second-order valence-electron chi connectivity index (χ2n) is 6.70. The van der Waals surface area contributed by atoms with Gasteiger partial charge in [0.15, 0.2) is 0 Å². The molecule has 4 rings (SSSR count). The fourth-order valence-electron chi connectivity index (χ4n) is 3.04. The molecule has 1 amide bonds. The van der Waals surface area contributed by atoms with Crippen molar-refractivity contribution in [2.45, 2.75) is 3.79 Å². The van der Waals surface area contributed by atoms with Crippen LogP contribution in [0.4, 0.5) is 17.3 Å². The zero-order valence-electron chi connectivity index (χ0n) is 16.0. The van der Waals surface area contributed by atoms with Gasteiger partial charge in [0.2, 0.25) is 9.74 Å². The van der Waals surface area contributed by atoms with E-state index in [0.29, 0.717) is 34.0 Å². The lowest BCUT2D eigenvalue weighted by atomic mass is 10.2. The molecule has 0 spiro atoms. The predicted molar refractivity (Wildman–Crippen MR) is 130 cm³/mol. The Bertz CT molecular complexity index is 1270. The molecule has 31 heavy (non-hydrogen) atoms. The lowest BCUT2D eigenvalue weighted by molar-refractivity contribution is 0.102. The number of rotatable bonds is 4. The van der Waals surface area contributed by atoms with Gasteiger partial charge < -0.3 is 15.2 Å². The van der Waals surface area contributed by atoms with Crippen LogP contribution < -0.4 is 10.6 Å². The predicted octanol–water partition coefficient (Wildman–Crippen LogP) is 6.55. The molecule has 0 saturated carbocycles. The van der Waals surface area contributed by atoms with Crippen LogP contribution in [0.25, 0.3) is 11.0 Å². The second-order valence-corrected chi connectivity index (χ2v) is 9.90. The fourth-order valence-corrected chi connectivity index (χ4v) is 3.76. The van der Waals surface area contributed by atoms with Gasteiger partial charge in [-0.2, -0.15) is 0 Å². The van der Waals surface area contributed by atoms with E-state index in [9.17, 15) is 4.79 Å². The van der Waals surface area contributed by atoms with Crippen molar-refractivity contribution in [3.63, 3.8) is 0 Å². The topological polar surface area (TPSA) is 71.8 Å². The molecule has 0 aliphatic heterocycles. The van der Waals surface area contributed by atoms with Gasteiger partial charge in [-0.25, -0.2) is 4.98 Å². The van der Waals surface area contributed by atoms with Gasteiger partial charge in [-0.3, -0.25) is 9.78 Å². The zero-order chi connectivity index (χ0) is 22.2. The first-order valence-corrected chi connectivity index (χ1v) is 11.0. The van der Waals surface area contributed by atoms with Crippen molar-refractivity contribution in [3.05, 3.63) is 76.5 Å². The number of hydrogen-bond donors (Lipinski definition) is 2. The summed E-state index contributed by atoms with van der Waals surface area (Å²) in [6, 6.07) is 14.4. The van der Waals surface area contributed by atoms with Crippen LogP contribution in [0, 0.1) is 0 Å². The van der Waals surface area contributed by atoms with E-state index in [1.54, 1.807) is 24.4 Å². The van der Waals surface area contributed by atoms with E-state index in [2.05, 4.69) is 36.5 Å². The number of fused-ring (bicyclic) bond motifs is 1. The highest BCUT2D eigenvalue weighted by Crippen LogP contribution is 2.42. The Balaban J connectivity index is 1.63. The summed E-state index contributed by atoms with van der Waals surface area (Å²) in [6.45, 7) is 0. The van der Waals surface area contributed by atoms with Crippen molar-refractivity contribution in [3.8, 4) is 0 Å². The molecule has 2 aromatic carbocycles. The molecule has 0 aliphatic carbocycles. The number of halogens is 4. The summed E-state index contributed by atoms with van der Waals surface area (Å²) in [5, 5.41) is 6.06. The Hall–Kier alpha value is -2.32. The average Bonchev–Trinajstić information content (AvgIpc) is 3.04. The molecule has 158 valence electrons. The molecule has 6 nitrogen and oxygen atoms in total. The van der Waals surface area contributed by atoms with Crippen molar-refractivity contribution in [1.29, 1.82) is 0 Å². The van der Waals surface area contributed by atoms with Crippen LogP contribution in [0.2, 0.25) is 0 Å². The number of nitrogens with zero attached hydrogens (tertiary/aromatic N) is 3. The summed E-state index contributed by atoms with van der Waals surface area (Å²) in [7, 11) is 1.86. The Labute approximate surface area is 201 Å². The van der Waals surface area contributed by atoms with Crippen molar-refractivity contribution in [1.82, 2.24) is 14.5 Å². The number of nitrogens with one attached hydrogen (secondary N) is 2. The lowest BCUT2D eigenvalue weighted by Gasteiger charge is -2.16. The number of aromatic nitrogens is 3. The molecule has 10 heteroatoms. The van der Waals surface area contributed by atoms with E-state index in [1.807, 2.05) is 41.9 Å². The third kappa shape index (κ3) is 4.80. The normalized spacial score (nSPS) is 11.5. The van der Waals surface area contributed by atoms with Gasteiger partial charge in [-0.1, -0.05) is 50.7 Å². The first kappa shape index (κ1) is 21.9. The monoisotopic (exact) mass is 537 g/mol. The summed E-state index contributed by atoms with van der Waals surface area (Å²) >= 11 is 21.5. The maximum absolute atomic E-state index is 12.7. The summed E-state index contributed by atoms with van der Waals surface area (Å²) in [4.78, 5) is 21.3. The molecule has 0 unspecified atom stereocenters. The molecule has 0 fully saturated rings. The molecule has 2 heterocycles. The quantitative estimate of drug-likeness (QED) is 0.289. The zero-order valence-corrected chi connectivity index (χ0v) is 19.9. The molecule has 0 aliphatic rings. The van der Waals surface area contributed by atoms with Crippen molar-refractivity contribution < 1.29 is 4.79 Å². The maximum Gasteiger partial charge on any atom is 0.255 e. The molecule has 0 radical (unpaired) electrons. The third-order valence-corrected chi connectivity index (χ3v) is 5.76. The van der Waals surface area contributed by atoms with Crippen molar-refractivity contribution >= 4 is 85.0 Å². The van der Waals surface area contributed by atoms with Crippen LogP contribution in [-0.2, 0) is 10.8 Å². The van der Waals surface area contributed by atoms with Gasteiger partial charge in [0.05, 0.1) is 16.7 Å². The van der Waals surface area contributed by atoms with Crippen LogP contribution in [0.3, 0.4) is 0 Å². The highest BCUT2D eigenvalue weighted by Gasteiger charge is 2.27. The van der Waals surface area contributed by atoms with Gasteiger partial charge >= 0.3 is 0 Å². The van der Waals surface area contributed by atoms with E-state index in [-0.39, 0.29) is 5.91 Å². The third-order valence-electron chi connectivity index (χ3n) is 4.62. The van der Waals surface area contributed by atoms with Crippen LogP contribution in [0.1, 0.15) is 15.9 Å². The first-order chi connectivity index (χ1) is 14.7. The molecule has 0 bridgehead atoms. The molecule has 0 atom stereocenters. The number of anilines is 3. The van der Waals surface area contributed by atoms with Crippen LogP contribution in [0.5, 0.6) is 0 Å². The number of carbonyl (C=O) groups is 1. The fraction of sp³-hybridized carbons (Fsp3) is 0.0952. The van der Waals surface area contributed by atoms with E-state index in [0.717, 1.165) is 9.99 Å². The average molecular weight is 540 g/mol. The number of carbonyl (C=O) groups excluding carboxylic acids is 1. The van der Waals surface area contributed by atoms with Crippen LogP contribution in [-0.4, -0.2) is 20.4 Å². The largest absolute Gasteiger partial charge is 0.325 e. The Morgan fingerprint density at radius 3 is 2.55 bits per heavy atom. The summed E-state index contributed by atoms with van der Waals surface area (Å²) in [6.07, 6.45) is 3.08. The standard InChI is InChI=1S/C21H15BrCl3N5O/c1-30-18-7-2-12(19(31)27-14-5-3-13(22)4-6-14)10-17(18)29-20(30)28-16-8-9-26-11-15(16)21(23,24)25/h2-11H,1H3,(H,27,31)(H,26,28,29). The summed E-state index contributed by atoms with van der Waals surface area (Å²) in [5.41, 5.74) is 3.66. The molecular formula is C21H15BrCl3N5O. The number of alkyl halides is 3. The van der Waals surface area contributed by atoms with Gasteiger partial charge in [0.1, 0.15) is 0 Å². The SMILES string of the molecule is Cn1c(Nc2ccncc2C(Cl)(Cl)Cl)nc2cc(C(=O)Nc3ccc(Br)cc3)ccc21. The highest BCUT2D eigenvalue weighted by atomic mass is 79.9. The van der Waals surface area contributed by atoms with Crippen molar-refractivity contribution in [2.24, 2.45) is 7.05 Å².